The summed E-state index contributed by atoms with van der Waals surface area (Å²) in [5.41, 5.74) is 12.5. The van der Waals surface area contributed by atoms with Crippen LogP contribution >= 0.6 is 0 Å². The Morgan fingerprint density at radius 3 is 0.500 bits per heavy atom. The second kappa shape index (κ2) is 8.69. The molecule has 0 unspecified atom stereocenters. The van der Waals surface area contributed by atoms with E-state index in [9.17, 15) is 0 Å². The molecule has 5 rings (SSSR count). The summed E-state index contributed by atoms with van der Waals surface area (Å²) in [6.07, 6.45) is 0. The predicted octanol–water partition coefficient (Wildman–Crippen LogP) is 8.97. The monoisotopic (exact) mass is 410 g/mol. The van der Waals surface area contributed by atoms with Gasteiger partial charge in [-0.25, -0.2) is 0 Å². The van der Waals surface area contributed by atoms with Gasteiger partial charge in [0.05, 0.1) is 0 Å². The van der Waals surface area contributed by atoms with Gasteiger partial charge in [-0.2, -0.15) is 0 Å². The Kier molecular flexibility index (Phi) is 5.44. The molecule has 0 fully saturated rings. The van der Waals surface area contributed by atoms with E-state index in [1.54, 1.807) is 0 Å². The van der Waals surface area contributed by atoms with Crippen LogP contribution < -0.4 is 0 Å². The largest absolute Gasteiger partial charge is 0.0587 e. The van der Waals surface area contributed by atoms with Crippen LogP contribution in [0.5, 0.6) is 0 Å². The van der Waals surface area contributed by atoms with Crippen molar-refractivity contribution in [3.8, 4) is 44.5 Å². The van der Waals surface area contributed by atoms with Crippen LogP contribution in [0.2, 0.25) is 0 Å². The fourth-order valence-corrected chi connectivity index (χ4v) is 4.06. The molecule has 5 aromatic carbocycles. The van der Waals surface area contributed by atoms with E-state index in [1.807, 2.05) is 0 Å². The van der Waals surface area contributed by atoms with Gasteiger partial charge >= 0.3 is 0 Å². The van der Waals surface area contributed by atoms with Gasteiger partial charge in [0.2, 0.25) is 0 Å². The topological polar surface area (TPSA) is 0 Å². The van der Waals surface area contributed by atoms with Crippen molar-refractivity contribution < 1.29 is 0 Å². The lowest BCUT2D eigenvalue weighted by Crippen LogP contribution is -1.83. The molecule has 0 aliphatic rings. The first kappa shape index (κ1) is 20.0. The maximum Gasteiger partial charge on any atom is -0.0184 e. The zero-order valence-electron chi connectivity index (χ0n) is 18.5. The number of hydrogen-bond acceptors (Lipinski definition) is 0. The highest BCUT2D eigenvalue weighted by Gasteiger charge is 2.04. The molecule has 0 spiro atoms. The van der Waals surface area contributed by atoms with E-state index in [4.69, 9.17) is 0 Å². The molecule has 0 aliphatic carbocycles. The highest BCUT2D eigenvalue weighted by atomic mass is 14.1. The van der Waals surface area contributed by atoms with Crippen molar-refractivity contribution in [2.45, 2.75) is 13.8 Å². The molecule has 0 bridgehead atoms. The number of hydrogen-bond donors (Lipinski definition) is 0. The summed E-state index contributed by atoms with van der Waals surface area (Å²) in [4.78, 5) is 0. The molecule has 0 nitrogen and oxygen atoms in total. The summed E-state index contributed by atoms with van der Waals surface area (Å²) in [5.74, 6) is 0. The molecular formula is C32H26. The van der Waals surface area contributed by atoms with Crippen LogP contribution in [0.4, 0.5) is 0 Å². The van der Waals surface area contributed by atoms with E-state index in [2.05, 4.69) is 135 Å². The second-order valence-corrected chi connectivity index (χ2v) is 8.46. The van der Waals surface area contributed by atoms with Crippen LogP contribution in [0.15, 0.2) is 121 Å². The second-order valence-electron chi connectivity index (χ2n) is 8.46. The normalized spacial score (nSPS) is 10.8. The molecule has 0 aromatic heterocycles. The molecule has 154 valence electrons. The van der Waals surface area contributed by atoms with E-state index in [-0.39, 0.29) is 0 Å². The van der Waals surface area contributed by atoms with Crippen molar-refractivity contribution in [2.75, 3.05) is 0 Å². The first-order valence-electron chi connectivity index (χ1n) is 11.1. The summed E-state index contributed by atoms with van der Waals surface area (Å²) < 4.78 is 0. The highest BCUT2D eigenvalue weighted by molar-refractivity contribution is 5.75. The third-order valence-corrected chi connectivity index (χ3v) is 6.09. The van der Waals surface area contributed by atoms with Crippen molar-refractivity contribution in [1.82, 2.24) is 0 Å². The summed E-state index contributed by atoms with van der Waals surface area (Å²) in [6.45, 7) is 4.24. The van der Waals surface area contributed by atoms with Gasteiger partial charge in [-0.3, -0.25) is 0 Å². The van der Waals surface area contributed by atoms with Crippen LogP contribution in [-0.2, 0) is 0 Å². The van der Waals surface area contributed by atoms with Crippen LogP contribution in [0.25, 0.3) is 44.5 Å². The van der Waals surface area contributed by atoms with E-state index >= 15 is 0 Å². The molecule has 0 heteroatoms. The van der Waals surface area contributed by atoms with Crippen molar-refractivity contribution in [2.24, 2.45) is 0 Å². The SMILES string of the molecule is Cc1ccc(-c2ccc(-c3ccc(-c4ccc(-c5ccc(C)cc5)cc4)cc3)cc2)cc1. The Morgan fingerprint density at radius 2 is 0.344 bits per heavy atom. The first-order valence-corrected chi connectivity index (χ1v) is 11.1. The van der Waals surface area contributed by atoms with Crippen LogP contribution in [0, 0.1) is 13.8 Å². The summed E-state index contributed by atoms with van der Waals surface area (Å²) in [5, 5.41) is 0. The smallest absolute Gasteiger partial charge is 0.0184 e. The molecular weight excluding hydrogens is 384 g/mol. The van der Waals surface area contributed by atoms with Gasteiger partial charge < -0.3 is 0 Å². The predicted molar refractivity (Wildman–Crippen MR) is 138 cm³/mol. The van der Waals surface area contributed by atoms with Crippen LogP contribution in [0.3, 0.4) is 0 Å². The van der Waals surface area contributed by atoms with Gasteiger partial charge in [-0.05, 0) is 58.4 Å². The van der Waals surface area contributed by atoms with E-state index < -0.39 is 0 Å². The first-order chi connectivity index (χ1) is 15.7. The Hall–Kier alpha value is -3.90. The van der Waals surface area contributed by atoms with Crippen molar-refractivity contribution in [3.05, 3.63) is 132 Å². The number of benzene rings is 5. The Labute approximate surface area is 190 Å². The van der Waals surface area contributed by atoms with E-state index in [0.717, 1.165) is 0 Å². The van der Waals surface area contributed by atoms with Crippen molar-refractivity contribution in [1.29, 1.82) is 0 Å². The van der Waals surface area contributed by atoms with Gasteiger partial charge in [0.1, 0.15) is 0 Å². The third-order valence-electron chi connectivity index (χ3n) is 6.09. The minimum Gasteiger partial charge on any atom is -0.0587 e. The molecule has 0 heterocycles. The Morgan fingerprint density at radius 1 is 0.219 bits per heavy atom. The summed E-state index contributed by atoms with van der Waals surface area (Å²) >= 11 is 0. The van der Waals surface area contributed by atoms with Gasteiger partial charge in [0.15, 0.2) is 0 Å². The van der Waals surface area contributed by atoms with Crippen LogP contribution in [0.1, 0.15) is 11.1 Å². The van der Waals surface area contributed by atoms with Gasteiger partial charge in [-0.1, -0.05) is 132 Å². The average Bonchev–Trinajstić information content (AvgIpc) is 2.85. The Bertz CT molecular complexity index is 1200. The standard InChI is InChI=1S/C32H26/c1-23-3-7-25(8-4-23)27-11-15-29(16-12-27)31-19-21-32(22-20-31)30-17-13-28(14-18-30)26-9-5-24(2)6-10-26/h3-22H,1-2H3. The van der Waals surface area contributed by atoms with Crippen LogP contribution in [-0.4, -0.2) is 0 Å². The summed E-state index contributed by atoms with van der Waals surface area (Å²) in [6, 6.07) is 43.9. The lowest BCUT2D eigenvalue weighted by molar-refractivity contribution is 1.47. The molecule has 0 saturated carbocycles. The van der Waals surface area contributed by atoms with E-state index in [1.165, 1.54) is 55.6 Å². The zero-order valence-corrected chi connectivity index (χ0v) is 18.5. The Balaban J connectivity index is 1.33. The third kappa shape index (κ3) is 4.26. The fourth-order valence-electron chi connectivity index (χ4n) is 4.06. The molecule has 0 radical (unpaired) electrons. The highest BCUT2D eigenvalue weighted by Crippen LogP contribution is 2.29. The molecule has 0 amide bonds. The number of aryl methyl sites for hydroxylation is 2. The fraction of sp³-hybridized carbons (Fsp3) is 0.0625. The maximum atomic E-state index is 2.21. The molecule has 0 saturated heterocycles. The van der Waals surface area contributed by atoms with Gasteiger partial charge in [0.25, 0.3) is 0 Å². The molecule has 5 aromatic rings. The van der Waals surface area contributed by atoms with E-state index in [0.29, 0.717) is 0 Å². The minimum absolute atomic E-state index is 1.24. The minimum atomic E-state index is 1.24. The van der Waals surface area contributed by atoms with Gasteiger partial charge in [0, 0.05) is 0 Å². The number of rotatable bonds is 4. The van der Waals surface area contributed by atoms with Gasteiger partial charge in [-0.15, -0.1) is 0 Å². The lowest BCUT2D eigenvalue weighted by Gasteiger charge is -2.08. The average molecular weight is 411 g/mol. The molecule has 32 heavy (non-hydrogen) atoms. The van der Waals surface area contributed by atoms with Crippen molar-refractivity contribution in [3.63, 3.8) is 0 Å². The summed E-state index contributed by atoms with van der Waals surface area (Å²) in [7, 11) is 0. The van der Waals surface area contributed by atoms with Crippen molar-refractivity contribution >= 4 is 0 Å². The molecule has 0 aliphatic heterocycles. The quantitative estimate of drug-likeness (QED) is 0.277. The molecule has 0 atom stereocenters. The molecule has 0 N–H and O–H groups in total. The maximum absolute atomic E-state index is 2.21. The zero-order chi connectivity index (χ0) is 21.9. The lowest BCUT2D eigenvalue weighted by atomic mass is 9.97.